The Balaban J connectivity index is 4.27. The van der Waals surface area contributed by atoms with Crippen molar-refractivity contribution in [2.45, 2.75) is 290 Å². The maximum Gasteiger partial charge on any atom is 0.306 e. The Kier molecular flexibility index (Phi) is 64.4. The molecule has 0 aliphatic heterocycles. The van der Waals surface area contributed by atoms with Gasteiger partial charge in [-0.3, -0.25) is 14.4 Å². The van der Waals surface area contributed by atoms with Crippen LogP contribution in [-0.2, 0) is 28.6 Å². The predicted octanol–water partition coefficient (Wildman–Crippen LogP) is 23.3. The fourth-order valence-corrected chi connectivity index (χ4v) is 8.84. The summed E-state index contributed by atoms with van der Waals surface area (Å²) < 4.78 is 16.9. The van der Waals surface area contributed by atoms with Crippen LogP contribution < -0.4 is 0 Å². The number of ether oxygens (including phenoxy) is 3. The van der Waals surface area contributed by atoms with Crippen molar-refractivity contribution in [3.05, 3.63) is 158 Å². The van der Waals surface area contributed by atoms with E-state index in [1.165, 1.54) is 83.5 Å². The molecule has 0 spiro atoms. The number of carbonyl (C=O) groups is 3. The van der Waals surface area contributed by atoms with Gasteiger partial charge in [0.2, 0.25) is 0 Å². The van der Waals surface area contributed by atoms with E-state index in [0.717, 1.165) is 161 Å². The summed E-state index contributed by atoms with van der Waals surface area (Å²) in [7, 11) is 0. The molecular formula is C76H122O6. The third kappa shape index (κ3) is 65.8. The van der Waals surface area contributed by atoms with Gasteiger partial charge in [0, 0.05) is 19.3 Å². The van der Waals surface area contributed by atoms with Crippen LogP contribution in [0.5, 0.6) is 0 Å². The van der Waals surface area contributed by atoms with E-state index >= 15 is 0 Å². The standard InChI is InChI=1S/C76H122O6/c1-4-7-10-13-16-19-22-24-26-28-30-31-32-33-34-35-36-37-38-39-40-41-42-43-44-45-47-48-50-52-54-57-60-63-66-69-75(78)81-72-73(71-80-74(77)68-65-62-59-56-21-18-15-12-9-6-3)82-76(79)70-67-64-61-58-55-53-51-49-46-29-27-25-23-20-17-14-11-8-5-2/h7-8,10-11,16-17,19-20,24-27,30-31,33-34,36-37,39-40,42-43,45-47,49,73H,4-6,9,12-15,18,21-23,28-29,32,35,38,41,44,48,50-72H2,1-3H3/b10-7-,11-8-,19-16-,20-17-,26-24-,27-25-,31-30-,34-33-,37-36-,40-39-,43-42-,47-45-,49-46-. The molecule has 0 N–H and O–H groups in total. The Hall–Kier alpha value is -4.97. The molecule has 6 nitrogen and oxygen atoms in total. The van der Waals surface area contributed by atoms with Gasteiger partial charge in [-0.2, -0.15) is 0 Å². The molecule has 0 radical (unpaired) electrons. The van der Waals surface area contributed by atoms with E-state index < -0.39 is 6.10 Å². The molecule has 0 fully saturated rings. The molecule has 0 aromatic carbocycles. The highest BCUT2D eigenvalue weighted by Gasteiger charge is 2.19. The quantitative estimate of drug-likeness (QED) is 0.0261. The molecule has 0 saturated carbocycles. The predicted molar refractivity (Wildman–Crippen MR) is 357 cm³/mol. The lowest BCUT2D eigenvalue weighted by Gasteiger charge is -2.18. The van der Waals surface area contributed by atoms with Crippen molar-refractivity contribution in [1.29, 1.82) is 0 Å². The van der Waals surface area contributed by atoms with E-state index in [9.17, 15) is 14.4 Å². The van der Waals surface area contributed by atoms with Gasteiger partial charge >= 0.3 is 17.9 Å². The minimum Gasteiger partial charge on any atom is -0.462 e. The molecule has 0 bridgehead atoms. The highest BCUT2D eigenvalue weighted by atomic mass is 16.6. The van der Waals surface area contributed by atoms with E-state index in [0.29, 0.717) is 19.3 Å². The van der Waals surface area contributed by atoms with Crippen LogP contribution in [0.1, 0.15) is 284 Å². The van der Waals surface area contributed by atoms with Crippen LogP contribution in [0.4, 0.5) is 0 Å². The number of hydrogen-bond donors (Lipinski definition) is 0. The van der Waals surface area contributed by atoms with Crippen LogP contribution in [-0.4, -0.2) is 37.2 Å². The molecule has 462 valence electrons. The van der Waals surface area contributed by atoms with Crippen molar-refractivity contribution in [3.8, 4) is 0 Å². The first-order chi connectivity index (χ1) is 40.5. The van der Waals surface area contributed by atoms with Crippen LogP contribution in [0.2, 0.25) is 0 Å². The number of hydrogen-bond acceptors (Lipinski definition) is 6. The van der Waals surface area contributed by atoms with Gasteiger partial charge in [0.05, 0.1) is 0 Å². The molecule has 0 aromatic rings. The average Bonchev–Trinajstić information content (AvgIpc) is 3.48. The van der Waals surface area contributed by atoms with Crippen molar-refractivity contribution in [1.82, 2.24) is 0 Å². The molecule has 0 aliphatic carbocycles. The molecule has 82 heavy (non-hydrogen) atoms. The Morgan fingerprint density at radius 2 is 0.476 bits per heavy atom. The van der Waals surface area contributed by atoms with Gasteiger partial charge in [-0.15, -0.1) is 0 Å². The monoisotopic (exact) mass is 1130 g/mol. The van der Waals surface area contributed by atoms with Crippen LogP contribution in [0, 0.1) is 0 Å². The zero-order chi connectivity index (χ0) is 59.2. The first-order valence-electron chi connectivity index (χ1n) is 33.5. The van der Waals surface area contributed by atoms with Crippen LogP contribution in [0.3, 0.4) is 0 Å². The summed E-state index contributed by atoms with van der Waals surface area (Å²) in [6, 6.07) is 0. The van der Waals surface area contributed by atoms with Gasteiger partial charge in [-0.1, -0.05) is 294 Å². The topological polar surface area (TPSA) is 78.9 Å². The maximum absolute atomic E-state index is 12.9. The van der Waals surface area contributed by atoms with Crippen molar-refractivity contribution in [2.24, 2.45) is 0 Å². The summed E-state index contributed by atoms with van der Waals surface area (Å²) in [5, 5.41) is 0. The number of rotatable bonds is 59. The summed E-state index contributed by atoms with van der Waals surface area (Å²) in [6.45, 7) is 6.38. The van der Waals surface area contributed by atoms with Gasteiger partial charge in [0.25, 0.3) is 0 Å². The van der Waals surface area contributed by atoms with Crippen molar-refractivity contribution in [3.63, 3.8) is 0 Å². The Morgan fingerprint density at radius 3 is 0.744 bits per heavy atom. The molecular weight excluding hydrogens is 1010 g/mol. The van der Waals surface area contributed by atoms with E-state index in [1.54, 1.807) is 0 Å². The zero-order valence-corrected chi connectivity index (χ0v) is 52.9. The molecule has 0 aliphatic rings. The average molecular weight is 1130 g/mol. The fourth-order valence-electron chi connectivity index (χ4n) is 8.84. The second kappa shape index (κ2) is 68.5. The molecule has 0 saturated heterocycles. The fraction of sp³-hybridized carbons (Fsp3) is 0.618. The minimum atomic E-state index is -0.796. The zero-order valence-electron chi connectivity index (χ0n) is 52.9. The van der Waals surface area contributed by atoms with Crippen molar-refractivity contribution < 1.29 is 28.6 Å². The summed E-state index contributed by atoms with van der Waals surface area (Å²) in [5.41, 5.74) is 0. The van der Waals surface area contributed by atoms with E-state index in [2.05, 4.69) is 179 Å². The minimum absolute atomic E-state index is 0.0904. The van der Waals surface area contributed by atoms with Crippen molar-refractivity contribution >= 4 is 17.9 Å². The number of esters is 3. The second-order valence-corrected chi connectivity index (χ2v) is 21.6. The SMILES string of the molecule is CC/C=C\C/C=C\C/C=C\C/C=C\C/C=C\C/C=C\C/C=C\C/C=C\C/C=C\CCCCCCCCCC(=O)OCC(COC(=O)CCCCCCCCCCCC)OC(=O)CCCCCCCC/C=C\C/C=C\C/C=C\C/C=C\CC. The van der Waals surface area contributed by atoms with Gasteiger partial charge in [0.15, 0.2) is 6.10 Å². The highest BCUT2D eigenvalue weighted by Crippen LogP contribution is 2.15. The van der Waals surface area contributed by atoms with Crippen LogP contribution >= 0.6 is 0 Å². The summed E-state index contributed by atoms with van der Waals surface area (Å²) in [6.07, 6.45) is 99.7. The van der Waals surface area contributed by atoms with Gasteiger partial charge in [0.1, 0.15) is 13.2 Å². The smallest absolute Gasteiger partial charge is 0.306 e. The lowest BCUT2D eigenvalue weighted by Crippen LogP contribution is -2.30. The molecule has 1 unspecified atom stereocenters. The summed E-state index contributed by atoms with van der Waals surface area (Å²) >= 11 is 0. The van der Waals surface area contributed by atoms with Crippen LogP contribution in [0.25, 0.3) is 0 Å². The molecule has 6 heteroatoms. The number of carbonyl (C=O) groups excluding carboxylic acids is 3. The Morgan fingerprint density at radius 1 is 0.256 bits per heavy atom. The number of unbranched alkanes of at least 4 members (excludes halogenated alkanes) is 22. The Labute approximate surface area is 505 Å². The summed E-state index contributed by atoms with van der Waals surface area (Å²) in [5.74, 6) is -0.918. The third-order valence-corrected chi connectivity index (χ3v) is 13.8. The van der Waals surface area contributed by atoms with Crippen molar-refractivity contribution in [2.75, 3.05) is 13.2 Å². The van der Waals surface area contributed by atoms with Gasteiger partial charge in [-0.25, -0.2) is 0 Å². The number of allylic oxidation sites excluding steroid dienone is 26. The van der Waals surface area contributed by atoms with E-state index in [1.807, 2.05) is 0 Å². The van der Waals surface area contributed by atoms with Gasteiger partial charge in [-0.05, 0) is 128 Å². The lowest BCUT2D eigenvalue weighted by atomic mass is 10.1. The highest BCUT2D eigenvalue weighted by molar-refractivity contribution is 5.71. The van der Waals surface area contributed by atoms with Gasteiger partial charge < -0.3 is 14.2 Å². The third-order valence-electron chi connectivity index (χ3n) is 13.8. The van der Waals surface area contributed by atoms with Crippen LogP contribution in [0.15, 0.2) is 158 Å². The molecule has 0 rings (SSSR count). The first-order valence-corrected chi connectivity index (χ1v) is 33.5. The van der Waals surface area contributed by atoms with E-state index in [-0.39, 0.29) is 31.1 Å². The largest absolute Gasteiger partial charge is 0.462 e. The first kappa shape index (κ1) is 77.0. The summed E-state index contributed by atoms with van der Waals surface area (Å²) in [4.78, 5) is 38.3. The molecule has 0 heterocycles. The maximum atomic E-state index is 12.9. The Bertz CT molecular complexity index is 1830. The second-order valence-electron chi connectivity index (χ2n) is 21.6. The molecule has 1 atom stereocenters. The lowest BCUT2D eigenvalue weighted by molar-refractivity contribution is -0.167. The normalized spacial score (nSPS) is 13.2. The molecule has 0 aromatic heterocycles. The molecule has 0 amide bonds. The van der Waals surface area contributed by atoms with E-state index in [4.69, 9.17) is 14.2 Å².